The lowest BCUT2D eigenvalue weighted by atomic mass is 9.96. The fourth-order valence-corrected chi connectivity index (χ4v) is 3.83. The third kappa shape index (κ3) is 4.22. The number of nitrogens with zero attached hydrogens (tertiary/aromatic N) is 3. The summed E-state index contributed by atoms with van der Waals surface area (Å²) in [6, 6.07) is 7.43. The molecule has 6 nitrogen and oxygen atoms in total. The van der Waals surface area contributed by atoms with Crippen LogP contribution in [0.1, 0.15) is 55.6 Å². The second-order valence-corrected chi connectivity index (χ2v) is 7.74. The summed E-state index contributed by atoms with van der Waals surface area (Å²) in [6.07, 6.45) is 2.89. The van der Waals surface area contributed by atoms with Crippen LogP contribution in [0.3, 0.4) is 0 Å². The van der Waals surface area contributed by atoms with Crippen LogP contribution in [-0.2, 0) is 9.53 Å². The first-order valence-electron chi connectivity index (χ1n) is 9.72. The van der Waals surface area contributed by atoms with Crippen molar-refractivity contribution in [3.63, 3.8) is 0 Å². The van der Waals surface area contributed by atoms with Crippen molar-refractivity contribution in [2.24, 2.45) is 5.92 Å². The molecule has 7 heteroatoms. The van der Waals surface area contributed by atoms with Crippen molar-refractivity contribution in [1.29, 1.82) is 0 Å². The molecule has 1 aliphatic heterocycles. The second kappa shape index (κ2) is 8.78. The van der Waals surface area contributed by atoms with Gasteiger partial charge >= 0.3 is 5.97 Å². The topological polar surface area (TPSA) is 64.4 Å². The monoisotopic (exact) mass is 403 g/mol. The molecule has 1 fully saturated rings. The van der Waals surface area contributed by atoms with E-state index in [1.54, 1.807) is 15.8 Å². The third-order valence-corrected chi connectivity index (χ3v) is 5.27. The predicted molar refractivity (Wildman–Crippen MR) is 108 cm³/mol. The zero-order valence-corrected chi connectivity index (χ0v) is 17.3. The highest BCUT2D eigenvalue weighted by molar-refractivity contribution is 6.30. The largest absolute Gasteiger partial charge is 0.466 e. The number of amides is 1. The predicted octanol–water partition coefficient (Wildman–Crippen LogP) is 4.06. The molecule has 0 saturated carbocycles. The standard InChI is InChI=1S/C21H26ClN3O3/c1-4-28-21(27)15-8-10-24(11-9-15)20(26)18-13-23-25(19(18)14(2)3)17-7-5-6-16(22)12-17/h5-7,12-15H,4,8-11H2,1-3H3. The molecule has 0 atom stereocenters. The van der Waals surface area contributed by atoms with Crippen LogP contribution < -0.4 is 0 Å². The van der Waals surface area contributed by atoms with Gasteiger partial charge in [0.25, 0.3) is 5.91 Å². The Morgan fingerprint density at radius 2 is 2.00 bits per heavy atom. The first-order chi connectivity index (χ1) is 13.4. The van der Waals surface area contributed by atoms with Crippen LogP contribution >= 0.6 is 11.6 Å². The van der Waals surface area contributed by atoms with Crippen molar-refractivity contribution in [2.45, 2.75) is 39.5 Å². The van der Waals surface area contributed by atoms with E-state index in [0.717, 1.165) is 11.4 Å². The lowest BCUT2D eigenvalue weighted by Gasteiger charge is -2.31. The van der Waals surface area contributed by atoms with E-state index < -0.39 is 0 Å². The van der Waals surface area contributed by atoms with Gasteiger partial charge in [0.1, 0.15) is 0 Å². The van der Waals surface area contributed by atoms with Gasteiger partial charge in [-0.15, -0.1) is 0 Å². The van der Waals surface area contributed by atoms with Crippen LogP contribution in [0.4, 0.5) is 0 Å². The average molecular weight is 404 g/mol. The van der Waals surface area contributed by atoms with Crippen molar-refractivity contribution in [3.8, 4) is 5.69 Å². The fraction of sp³-hybridized carbons (Fsp3) is 0.476. The quantitative estimate of drug-likeness (QED) is 0.706. The Kier molecular flexibility index (Phi) is 6.39. The maximum absolute atomic E-state index is 13.2. The molecule has 0 unspecified atom stereocenters. The van der Waals surface area contributed by atoms with Gasteiger partial charge in [0.05, 0.1) is 35.7 Å². The zero-order chi connectivity index (χ0) is 20.3. The van der Waals surface area contributed by atoms with Crippen molar-refractivity contribution < 1.29 is 14.3 Å². The molecular formula is C21H26ClN3O3. The van der Waals surface area contributed by atoms with Crippen LogP contribution in [-0.4, -0.2) is 46.3 Å². The summed E-state index contributed by atoms with van der Waals surface area (Å²) in [4.78, 5) is 26.9. The minimum atomic E-state index is -0.161. The van der Waals surface area contributed by atoms with Gasteiger partial charge in [-0.05, 0) is 43.9 Å². The maximum Gasteiger partial charge on any atom is 0.309 e. The molecule has 2 aromatic rings. The number of hydrogen-bond acceptors (Lipinski definition) is 4. The summed E-state index contributed by atoms with van der Waals surface area (Å²) in [6.45, 7) is 7.37. The number of piperidine rings is 1. The van der Waals surface area contributed by atoms with E-state index in [-0.39, 0.29) is 23.7 Å². The first-order valence-corrected chi connectivity index (χ1v) is 10.1. The van der Waals surface area contributed by atoms with Crippen LogP contribution in [0.2, 0.25) is 5.02 Å². The molecule has 0 N–H and O–H groups in total. The van der Waals surface area contributed by atoms with Crippen LogP contribution in [0, 0.1) is 5.92 Å². The summed E-state index contributed by atoms with van der Waals surface area (Å²) in [5, 5.41) is 5.09. The SMILES string of the molecule is CCOC(=O)C1CCN(C(=O)c2cnn(-c3cccc(Cl)c3)c2C(C)C)CC1. The summed E-state index contributed by atoms with van der Waals surface area (Å²) in [5.74, 6) is -0.217. The van der Waals surface area contributed by atoms with E-state index >= 15 is 0 Å². The Morgan fingerprint density at radius 1 is 1.29 bits per heavy atom. The molecule has 150 valence electrons. The molecule has 0 aliphatic carbocycles. The Hall–Kier alpha value is -2.34. The van der Waals surface area contributed by atoms with E-state index in [4.69, 9.17) is 16.3 Å². The summed E-state index contributed by atoms with van der Waals surface area (Å²) < 4.78 is 6.89. The molecule has 0 radical (unpaired) electrons. The Morgan fingerprint density at radius 3 is 2.61 bits per heavy atom. The number of aromatic nitrogens is 2. The summed E-state index contributed by atoms with van der Waals surface area (Å²) in [7, 11) is 0. The molecule has 1 aliphatic rings. The Bertz CT molecular complexity index is 854. The van der Waals surface area contributed by atoms with Crippen molar-refractivity contribution >= 4 is 23.5 Å². The number of carbonyl (C=O) groups is 2. The minimum Gasteiger partial charge on any atom is -0.466 e. The van der Waals surface area contributed by atoms with Crippen LogP contribution in [0.15, 0.2) is 30.5 Å². The number of benzene rings is 1. The van der Waals surface area contributed by atoms with Crippen molar-refractivity contribution in [3.05, 3.63) is 46.7 Å². The van der Waals surface area contributed by atoms with Crippen molar-refractivity contribution in [1.82, 2.24) is 14.7 Å². The Balaban J connectivity index is 1.80. The lowest BCUT2D eigenvalue weighted by molar-refractivity contribution is -0.149. The number of likely N-dealkylation sites (tertiary alicyclic amines) is 1. The van der Waals surface area contributed by atoms with Gasteiger partial charge in [-0.25, -0.2) is 4.68 Å². The normalized spacial score (nSPS) is 15.1. The fourth-order valence-electron chi connectivity index (χ4n) is 3.64. The van der Waals surface area contributed by atoms with E-state index in [1.807, 2.05) is 45.0 Å². The highest BCUT2D eigenvalue weighted by Crippen LogP contribution is 2.27. The van der Waals surface area contributed by atoms with Gasteiger partial charge in [-0.1, -0.05) is 31.5 Å². The van der Waals surface area contributed by atoms with Crippen LogP contribution in [0.25, 0.3) is 5.69 Å². The Labute approximate surface area is 170 Å². The highest BCUT2D eigenvalue weighted by Gasteiger charge is 2.31. The molecular weight excluding hydrogens is 378 g/mol. The molecule has 0 bridgehead atoms. The van der Waals surface area contributed by atoms with Gasteiger partial charge in [0.2, 0.25) is 0 Å². The number of hydrogen-bond donors (Lipinski definition) is 0. The minimum absolute atomic E-state index is 0.0423. The van der Waals surface area contributed by atoms with Gasteiger partial charge in [-0.3, -0.25) is 9.59 Å². The van der Waals surface area contributed by atoms with Gasteiger partial charge in [0, 0.05) is 18.1 Å². The number of carbonyl (C=O) groups excluding carboxylic acids is 2. The molecule has 1 saturated heterocycles. The smallest absolute Gasteiger partial charge is 0.309 e. The molecule has 0 spiro atoms. The molecule has 1 aromatic carbocycles. The van der Waals surface area contributed by atoms with E-state index in [1.165, 1.54) is 0 Å². The maximum atomic E-state index is 13.2. The summed E-state index contributed by atoms with van der Waals surface area (Å²) in [5.41, 5.74) is 2.29. The molecule has 3 rings (SSSR count). The third-order valence-electron chi connectivity index (χ3n) is 5.04. The number of halogens is 1. The molecule has 28 heavy (non-hydrogen) atoms. The number of rotatable bonds is 5. The van der Waals surface area contributed by atoms with E-state index in [0.29, 0.717) is 43.1 Å². The van der Waals surface area contributed by atoms with Gasteiger partial charge < -0.3 is 9.64 Å². The van der Waals surface area contributed by atoms with Crippen LogP contribution in [0.5, 0.6) is 0 Å². The summed E-state index contributed by atoms with van der Waals surface area (Å²) >= 11 is 6.13. The zero-order valence-electron chi connectivity index (χ0n) is 16.5. The highest BCUT2D eigenvalue weighted by atomic mass is 35.5. The lowest BCUT2D eigenvalue weighted by Crippen LogP contribution is -2.41. The van der Waals surface area contributed by atoms with Gasteiger partial charge in [0.15, 0.2) is 0 Å². The average Bonchev–Trinajstić information content (AvgIpc) is 3.13. The molecule has 1 amide bonds. The second-order valence-electron chi connectivity index (χ2n) is 7.31. The van der Waals surface area contributed by atoms with E-state index in [9.17, 15) is 9.59 Å². The van der Waals surface area contributed by atoms with Gasteiger partial charge in [-0.2, -0.15) is 5.10 Å². The van der Waals surface area contributed by atoms with Crippen molar-refractivity contribution in [2.75, 3.05) is 19.7 Å². The molecule has 1 aromatic heterocycles. The molecule has 2 heterocycles. The number of esters is 1. The first kappa shape index (κ1) is 20.4. The number of ether oxygens (including phenoxy) is 1. The van der Waals surface area contributed by atoms with E-state index in [2.05, 4.69) is 5.10 Å².